The summed E-state index contributed by atoms with van der Waals surface area (Å²) in [7, 11) is 0. The van der Waals surface area contributed by atoms with E-state index in [2.05, 4.69) is 29.4 Å². The van der Waals surface area contributed by atoms with Crippen molar-refractivity contribution in [1.82, 2.24) is 4.98 Å². The monoisotopic (exact) mass is 269 g/mol. The summed E-state index contributed by atoms with van der Waals surface area (Å²) in [5.74, 6) is 2.05. The fraction of sp³-hybridized carbons (Fsp3) is 0.250. The fourth-order valence-corrected chi connectivity index (χ4v) is 1.57. The zero-order chi connectivity index (χ0) is 14.2. The molecule has 4 heteroatoms. The molecule has 0 spiro atoms. The van der Waals surface area contributed by atoms with E-state index in [1.807, 2.05) is 42.5 Å². The molecule has 0 bridgehead atoms. The smallest absolute Gasteiger partial charge is 0.146 e. The summed E-state index contributed by atoms with van der Waals surface area (Å²) < 4.78 is 5.77. The molecule has 1 aromatic heterocycles. The molecule has 1 heterocycles. The average Bonchev–Trinajstić information content (AvgIpc) is 2.47. The van der Waals surface area contributed by atoms with Crippen LogP contribution >= 0.6 is 0 Å². The molecule has 104 valence electrons. The molecule has 0 aliphatic rings. The van der Waals surface area contributed by atoms with Crippen LogP contribution < -0.4 is 10.2 Å². The van der Waals surface area contributed by atoms with Gasteiger partial charge in [0.15, 0.2) is 0 Å². The van der Waals surface area contributed by atoms with Crippen LogP contribution in [0.4, 0.5) is 5.82 Å². The van der Waals surface area contributed by atoms with Crippen molar-refractivity contribution >= 4 is 12.0 Å². The summed E-state index contributed by atoms with van der Waals surface area (Å²) in [4.78, 5) is 4.14. The third kappa shape index (κ3) is 4.39. The number of pyridine rings is 1. The van der Waals surface area contributed by atoms with E-state index in [1.54, 1.807) is 12.4 Å². The maximum absolute atomic E-state index is 5.77. The van der Waals surface area contributed by atoms with Gasteiger partial charge in [-0.1, -0.05) is 32.0 Å². The number of para-hydroxylation sites is 1. The van der Waals surface area contributed by atoms with E-state index >= 15 is 0 Å². The fourth-order valence-electron chi connectivity index (χ4n) is 1.57. The van der Waals surface area contributed by atoms with Crippen LogP contribution in [-0.4, -0.2) is 17.8 Å². The number of anilines is 1. The van der Waals surface area contributed by atoms with E-state index in [-0.39, 0.29) is 0 Å². The molecule has 2 rings (SSSR count). The molecule has 0 saturated carbocycles. The summed E-state index contributed by atoms with van der Waals surface area (Å²) >= 11 is 0. The SMILES string of the molecule is CC(C)COc1ccccc1/C=N/Nc1ccccn1. The Labute approximate surface area is 119 Å². The standard InChI is InChI=1S/C16H19N3O/c1-13(2)12-20-15-8-4-3-7-14(15)11-18-19-16-9-5-6-10-17-16/h3-11,13H,12H2,1-2H3,(H,17,19)/b18-11+. The molecule has 20 heavy (non-hydrogen) atoms. The van der Waals surface area contributed by atoms with Crippen molar-refractivity contribution in [3.8, 4) is 5.75 Å². The highest BCUT2D eigenvalue weighted by Crippen LogP contribution is 2.16. The normalized spacial score (nSPS) is 10.9. The Morgan fingerprint density at radius 3 is 2.75 bits per heavy atom. The van der Waals surface area contributed by atoms with Gasteiger partial charge in [0.1, 0.15) is 11.6 Å². The summed E-state index contributed by atoms with van der Waals surface area (Å²) in [6.45, 7) is 4.94. The van der Waals surface area contributed by atoms with Gasteiger partial charge in [-0.25, -0.2) is 4.98 Å². The van der Waals surface area contributed by atoms with E-state index in [1.165, 1.54) is 0 Å². The van der Waals surface area contributed by atoms with Crippen molar-refractivity contribution < 1.29 is 4.74 Å². The van der Waals surface area contributed by atoms with Crippen molar-refractivity contribution in [2.75, 3.05) is 12.0 Å². The Balaban J connectivity index is 2.01. The van der Waals surface area contributed by atoms with Crippen LogP contribution in [0.25, 0.3) is 0 Å². The maximum atomic E-state index is 5.77. The number of aromatic nitrogens is 1. The van der Waals surface area contributed by atoms with Crippen LogP contribution in [-0.2, 0) is 0 Å². The number of benzene rings is 1. The van der Waals surface area contributed by atoms with Gasteiger partial charge in [-0.3, -0.25) is 5.43 Å². The molecule has 0 saturated heterocycles. The minimum atomic E-state index is 0.492. The van der Waals surface area contributed by atoms with Gasteiger partial charge in [0.2, 0.25) is 0 Å². The molecular formula is C16H19N3O. The van der Waals surface area contributed by atoms with Gasteiger partial charge in [-0.15, -0.1) is 0 Å². The summed E-state index contributed by atoms with van der Waals surface area (Å²) in [5.41, 5.74) is 3.83. The number of rotatable bonds is 6. The Morgan fingerprint density at radius 2 is 2.00 bits per heavy atom. The zero-order valence-corrected chi connectivity index (χ0v) is 11.8. The van der Waals surface area contributed by atoms with E-state index in [0.717, 1.165) is 11.3 Å². The first-order chi connectivity index (χ1) is 9.75. The minimum Gasteiger partial charge on any atom is -0.493 e. The van der Waals surface area contributed by atoms with E-state index in [0.29, 0.717) is 18.3 Å². The lowest BCUT2D eigenvalue weighted by atomic mass is 10.2. The van der Waals surface area contributed by atoms with Crippen molar-refractivity contribution in [1.29, 1.82) is 0 Å². The van der Waals surface area contributed by atoms with Gasteiger partial charge in [-0.05, 0) is 30.2 Å². The highest BCUT2D eigenvalue weighted by Gasteiger charge is 2.01. The second-order valence-corrected chi connectivity index (χ2v) is 4.83. The summed E-state index contributed by atoms with van der Waals surface area (Å²) in [6.07, 6.45) is 3.46. The predicted molar refractivity (Wildman–Crippen MR) is 82.2 cm³/mol. The van der Waals surface area contributed by atoms with Crippen LogP contribution in [0.5, 0.6) is 5.75 Å². The summed E-state index contributed by atoms with van der Waals surface area (Å²) in [5, 5.41) is 4.18. The number of nitrogens with one attached hydrogen (secondary N) is 1. The topological polar surface area (TPSA) is 46.5 Å². The highest BCUT2D eigenvalue weighted by atomic mass is 16.5. The van der Waals surface area contributed by atoms with Crippen LogP contribution in [0.2, 0.25) is 0 Å². The molecule has 1 aromatic carbocycles. The second kappa shape index (κ2) is 7.28. The van der Waals surface area contributed by atoms with E-state index in [4.69, 9.17) is 4.74 Å². The first-order valence-corrected chi connectivity index (χ1v) is 6.67. The number of nitrogens with zero attached hydrogens (tertiary/aromatic N) is 2. The first kappa shape index (κ1) is 14.1. The summed E-state index contributed by atoms with van der Waals surface area (Å²) in [6, 6.07) is 13.5. The molecule has 0 aliphatic carbocycles. The molecule has 2 aromatic rings. The molecule has 0 amide bonds. The number of hydrogen-bond acceptors (Lipinski definition) is 4. The van der Waals surface area contributed by atoms with Gasteiger partial charge in [0, 0.05) is 11.8 Å². The van der Waals surface area contributed by atoms with Gasteiger partial charge < -0.3 is 4.74 Å². The molecule has 0 radical (unpaired) electrons. The lowest BCUT2D eigenvalue weighted by molar-refractivity contribution is 0.271. The molecule has 0 aliphatic heterocycles. The van der Waals surface area contributed by atoms with Crippen molar-refractivity contribution in [3.05, 3.63) is 54.2 Å². The molecule has 4 nitrogen and oxygen atoms in total. The Bertz CT molecular complexity index is 553. The Kier molecular flexibility index (Phi) is 5.12. The van der Waals surface area contributed by atoms with Crippen molar-refractivity contribution in [2.24, 2.45) is 11.0 Å². The van der Waals surface area contributed by atoms with Gasteiger partial charge >= 0.3 is 0 Å². The van der Waals surface area contributed by atoms with Gasteiger partial charge in [0.05, 0.1) is 12.8 Å². The highest BCUT2D eigenvalue weighted by molar-refractivity contribution is 5.83. The van der Waals surface area contributed by atoms with Crippen LogP contribution in [0.15, 0.2) is 53.8 Å². The van der Waals surface area contributed by atoms with Gasteiger partial charge in [-0.2, -0.15) is 5.10 Å². The number of hydrazone groups is 1. The van der Waals surface area contributed by atoms with Crippen molar-refractivity contribution in [3.63, 3.8) is 0 Å². The second-order valence-electron chi connectivity index (χ2n) is 4.83. The Morgan fingerprint density at radius 1 is 1.20 bits per heavy atom. The zero-order valence-electron chi connectivity index (χ0n) is 11.8. The molecule has 0 atom stereocenters. The third-order valence-electron chi connectivity index (χ3n) is 2.54. The molecule has 1 N–H and O–H groups in total. The lowest BCUT2D eigenvalue weighted by Crippen LogP contribution is -2.06. The number of ether oxygens (including phenoxy) is 1. The molecule has 0 fully saturated rings. The third-order valence-corrected chi connectivity index (χ3v) is 2.54. The van der Waals surface area contributed by atoms with E-state index < -0.39 is 0 Å². The lowest BCUT2D eigenvalue weighted by Gasteiger charge is -2.10. The van der Waals surface area contributed by atoms with Crippen LogP contribution in [0.1, 0.15) is 19.4 Å². The quantitative estimate of drug-likeness (QED) is 0.644. The Hall–Kier alpha value is -2.36. The first-order valence-electron chi connectivity index (χ1n) is 6.67. The largest absolute Gasteiger partial charge is 0.493 e. The predicted octanol–water partition coefficient (Wildman–Crippen LogP) is 3.56. The van der Waals surface area contributed by atoms with Gasteiger partial charge in [0.25, 0.3) is 0 Å². The van der Waals surface area contributed by atoms with E-state index in [9.17, 15) is 0 Å². The molecule has 0 unspecified atom stereocenters. The van der Waals surface area contributed by atoms with Crippen LogP contribution in [0, 0.1) is 5.92 Å². The average molecular weight is 269 g/mol. The molecular weight excluding hydrogens is 250 g/mol. The van der Waals surface area contributed by atoms with Crippen molar-refractivity contribution in [2.45, 2.75) is 13.8 Å². The number of hydrogen-bond donors (Lipinski definition) is 1. The minimum absolute atomic E-state index is 0.492. The van der Waals surface area contributed by atoms with Crippen LogP contribution in [0.3, 0.4) is 0 Å². The maximum Gasteiger partial charge on any atom is 0.146 e.